The average Bonchev–Trinajstić information content (AvgIpc) is 2.87. The van der Waals surface area contributed by atoms with E-state index in [1.165, 1.54) is 62.0 Å². The predicted molar refractivity (Wildman–Crippen MR) is 141 cm³/mol. The summed E-state index contributed by atoms with van der Waals surface area (Å²) in [5.74, 6) is -0.621. The molecule has 0 aliphatic carbocycles. The number of nitrogens with one attached hydrogen (secondary N) is 3. The third-order valence-electron chi connectivity index (χ3n) is 5.50. The molecular weight excluding hydrogens is 498 g/mol. The first kappa shape index (κ1) is 29.9. The summed E-state index contributed by atoms with van der Waals surface area (Å²) < 4.78 is 32.1. The molecule has 1 aromatic carbocycles. The Labute approximate surface area is 217 Å². The molecule has 5 N–H and O–H groups in total. The SMILES string of the molecule is CCCCCCCC(O)CCCC(=O)NNC(=O)c1ccc(N/N=C/c2ccccc2S(=O)(=O)O)nc1. The van der Waals surface area contributed by atoms with Gasteiger partial charge >= 0.3 is 0 Å². The molecule has 0 aliphatic rings. The van der Waals surface area contributed by atoms with Crippen molar-refractivity contribution in [1.82, 2.24) is 15.8 Å². The molecule has 2 amide bonds. The van der Waals surface area contributed by atoms with E-state index in [-0.39, 0.29) is 34.2 Å². The summed E-state index contributed by atoms with van der Waals surface area (Å²) in [5.41, 5.74) is 7.66. The number of pyridine rings is 1. The molecule has 0 saturated heterocycles. The number of unbranched alkanes of at least 4 members (excludes halogenated alkanes) is 4. The molecule has 2 rings (SSSR count). The van der Waals surface area contributed by atoms with Crippen LogP contribution < -0.4 is 16.3 Å². The third kappa shape index (κ3) is 11.5. The van der Waals surface area contributed by atoms with Crippen molar-refractivity contribution >= 4 is 34.0 Å². The van der Waals surface area contributed by atoms with Gasteiger partial charge in [-0.3, -0.25) is 30.4 Å². The topological polar surface area (TPSA) is 170 Å². The number of benzene rings is 1. The quantitative estimate of drug-likeness (QED) is 0.100. The number of hydrogen-bond donors (Lipinski definition) is 5. The maximum Gasteiger partial charge on any atom is 0.295 e. The van der Waals surface area contributed by atoms with Crippen LogP contribution in [0.4, 0.5) is 5.82 Å². The van der Waals surface area contributed by atoms with Crippen LogP contribution in [0.3, 0.4) is 0 Å². The molecule has 0 bridgehead atoms. The van der Waals surface area contributed by atoms with Crippen molar-refractivity contribution in [3.05, 3.63) is 53.7 Å². The molecule has 0 fully saturated rings. The van der Waals surface area contributed by atoms with Crippen LogP contribution in [-0.2, 0) is 14.9 Å². The van der Waals surface area contributed by atoms with Gasteiger partial charge in [-0.1, -0.05) is 57.2 Å². The Hall–Kier alpha value is -3.35. The van der Waals surface area contributed by atoms with E-state index in [0.717, 1.165) is 19.3 Å². The fourth-order valence-electron chi connectivity index (χ4n) is 3.47. The first-order valence-corrected chi connectivity index (χ1v) is 13.7. The minimum atomic E-state index is -4.39. The lowest BCUT2D eigenvalue weighted by Crippen LogP contribution is -2.41. The Balaban J connectivity index is 1.71. The Morgan fingerprint density at radius 1 is 1.03 bits per heavy atom. The number of hydrazine groups is 1. The maximum atomic E-state index is 12.2. The number of aliphatic hydroxyl groups is 1. The van der Waals surface area contributed by atoms with Crippen LogP contribution in [0.2, 0.25) is 0 Å². The fraction of sp³-hybridized carbons (Fsp3) is 0.440. The van der Waals surface area contributed by atoms with Crippen molar-refractivity contribution in [2.75, 3.05) is 5.43 Å². The molecule has 202 valence electrons. The molecule has 0 spiro atoms. The molecule has 1 aromatic heterocycles. The number of aromatic nitrogens is 1. The van der Waals surface area contributed by atoms with Crippen molar-refractivity contribution in [3.63, 3.8) is 0 Å². The number of nitrogens with zero attached hydrogens (tertiary/aromatic N) is 2. The van der Waals surface area contributed by atoms with E-state index in [0.29, 0.717) is 12.8 Å². The van der Waals surface area contributed by atoms with Gasteiger partial charge in [0.2, 0.25) is 5.91 Å². The Morgan fingerprint density at radius 3 is 2.46 bits per heavy atom. The minimum Gasteiger partial charge on any atom is -0.393 e. The molecule has 1 heterocycles. The molecule has 0 saturated carbocycles. The van der Waals surface area contributed by atoms with Crippen molar-refractivity contribution in [2.45, 2.75) is 75.7 Å². The number of aliphatic hydroxyl groups excluding tert-OH is 1. The first-order valence-electron chi connectivity index (χ1n) is 12.3. The number of amides is 2. The molecular formula is C25H35N5O6S. The maximum absolute atomic E-state index is 12.2. The standard InChI is InChI=1S/C25H35N5O6S/c1-2-3-4-5-6-11-21(31)12-9-14-24(32)29-30-25(33)20-15-16-23(26-17-20)28-27-18-19-10-7-8-13-22(19)37(34,35)36/h7-8,10,13,15-18,21,31H,2-6,9,11-12,14H2,1H3,(H,26,28)(H,29,32)(H,30,33)(H,34,35,36)/b27-18+. The van der Waals surface area contributed by atoms with E-state index in [2.05, 4.69) is 33.3 Å². The second kappa shape index (κ2) is 15.7. The molecule has 1 unspecified atom stereocenters. The number of hydrogen-bond acceptors (Lipinski definition) is 8. The average molecular weight is 534 g/mol. The van der Waals surface area contributed by atoms with Crippen molar-refractivity contribution in [3.8, 4) is 0 Å². The fourth-order valence-corrected chi connectivity index (χ4v) is 4.14. The van der Waals surface area contributed by atoms with Gasteiger partial charge in [0, 0.05) is 18.2 Å². The smallest absolute Gasteiger partial charge is 0.295 e. The van der Waals surface area contributed by atoms with Gasteiger partial charge in [0.15, 0.2) is 0 Å². The number of carbonyl (C=O) groups is 2. The van der Waals surface area contributed by atoms with Gasteiger partial charge in [-0.2, -0.15) is 13.5 Å². The highest BCUT2D eigenvalue weighted by molar-refractivity contribution is 7.86. The van der Waals surface area contributed by atoms with Gasteiger partial charge < -0.3 is 5.11 Å². The summed E-state index contributed by atoms with van der Waals surface area (Å²) in [4.78, 5) is 28.0. The molecule has 11 nitrogen and oxygen atoms in total. The third-order valence-corrected chi connectivity index (χ3v) is 6.43. The lowest BCUT2D eigenvalue weighted by molar-refractivity contribution is -0.122. The van der Waals surface area contributed by atoms with Crippen LogP contribution in [0.25, 0.3) is 0 Å². The van der Waals surface area contributed by atoms with Crippen molar-refractivity contribution in [1.29, 1.82) is 0 Å². The van der Waals surface area contributed by atoms with Gasteiger partial charge in [-0.05, 0) is 37.5 Å². The Bertz CT molecular complexity index is 1140. The highest BCUT2D eigenvalue weighted by atomic mass is 32.2. The number of carbonyl (C=O) groups excluding carboxylic acids is 2. The van der Waals surface area contributed by atoms with E-state index >= 15 is 0 Å². The number of rotatable bonds is 15. The monoisotopic (exact) mass is 533 g/mol. The van der Waals surface area contributed by atoms with E-state index in [1.807, 2.05) is 0 Å². The highest BCUT2D eigenvalue weighted by Crippen LogP contribution is 2.14. The predicted octanol–water partition coefficient (Wildman–Crippen LogP) is 3.43. The largest absolute Gasteiger partial charge is 0.393 e. The van der Waals surface area contributed by atoms with Gasteiger partial charge in [-0.25, -0.2) is 4.98 Å². The summed E-state index contributed by atoms with van der Waals surface area (Å²) in [6.45, 7) is 2.16. The zero-order valence-electron chi connectivity index (χ0n) is 20.9. The number of anilines is 1. The zero-order chi connectivity index (χ0) is 27.1. The zero-order valence-corrected chi connectivity index (χ0v) is 21.7. The summed E-state index contributed by atoms with van der Waals surface area (Å²) in [7, 11) is -4.39. The summed E-state index contributed by atoms with van der Waals surface area (Å²) in [6.07, 6.45) is 9.75. The van der Waals surface area contributed by atoms with Crippen LogP contribution >= 0.6 is 0 Å². The lowest BCUT2D eigenvalue weighted by Gasteiger charge is -2.11. The molecule has 12 heteroatoms. The van der Waals surface area contributed by atoms with E-state index in [9.17, 15) is 27.7 Å². The van der Waals surface area contributed by atoms with Gasteiger partial charge in [-0.15, -0.1) is 0 Å². The van der Waals surface area contributed by atoms with Crippen LogP contribution in [0.5, 0.6) is 0 Å². The molecule has 1 atom stereocenters. The van der Waals surface area contributed by atoms with Crippen molar-refractivity contribution < 1.29 is 27.7 Å². The van der Waals surface area contributed by atoms with Gasteiger partial charge in [0.05, 0.1) is 17.9 Å². The van der Waals surface area contributed by atoms with E-state index < -0.39 is 22.1 Å². The Kier molecular flexibility index (Phi) is 12.7. The normalized spacial score (nSPS) is 12.3. The van der Waals surface area contributed by atoms with Crippen LogP contribution in [-0.4, -0.2) is 47.2 Å². The molecule has 0 aliphatic heterocycles. The Morgan fingerprint density at radius 2 is 1.76 bits per heavy atom. The second-order valence-corrected chi connectivity index (χ2v) is 9.96. The van der Waals surface area contributed by atoms with Crippen LogP contribution in [0, 0.1) is 0 Å². The summed E-state index contributed by atoms with van der Waals surface area (Å²) in [5, 5.41) is 13.9. The van der Waals surface area contributed by atoms with Crippen LogP contribution in [0.15, 0.2) is 52.6 Å². The van der Waals surface area contributed by atoms with E-state index in [4.69, 9.17) is 0 Å². The molecule has 2 aromatic rings. The van der Waals surface area contributed by atoms with Gasteiger partial charge in [0.25, 0.3) is 16.0 Å². The number of hydrazone groups is 1. The summed E-state index contributed by atoms with van der Waals surface area (Å²) >= 11 is 0. The summed E-state index contributed by atoms with van der Waals surface area (Å²) in [6, 6.07) is 8.74. The molecule has 0 radical (unpaired) electrons. The van der Waals surface area contributed by atoms with Crippen LogP contribution in [0.1, 0.15) is 80.6 Å². The minimum absolute atomic E-state index is 0.182. The van der Waals surface area contributed by atoms with Gasteiger partial charge in [0.1, 0.15) is 10.7 Å². The second-order valence-electron chi connectivity index (χ2n) is 8.57. The first-order chi connectivity index (χ1) is 17.7. The van der Waals surface area contributed by atoms with E-state index in [1.54, 1.807) is 6.07 Å². The lowest BCUT2D eigenvalue weighted by atomic mass is 10.0. The highest BCUT2D eigenvalue weighted by Gasteiger charge is 2.13. The van der Waals surface area contributed by atoms with Crippen molar-refractivity contribution in [2.24, 2.45) is 5.10 Å². The molecule has 37 heavy (non-hydrogen) atoms.